The number of hydrogen-bond acceptors (Lipinski definition) is 2. The molecule has 2 rings (SSSR count). The summed E-state index contributed by atoms with van der Waals surface area (Å²) in [6, 6.07) is 15.8. The van der Waals surface area contributed by atoms with Crippen LogP contribution in [0.4, 0.5) is 0 Å². The monoisotopic (exact) mass is 366 g/mol. The van der Waals surface area contributed by atoms with Crippen molar-refractivity contribution in [2.24, 2.45) is 0 Å². The molecule has 0 radical (unpaired) electrons. The Morgan fingerprint density at radius 2 is 1.63 bits per heavy atom. The molecule has 144 valence electrons. The van der Waals surface area contributed by atoms with Crippen molar-refractivity contribution in [3.05, 3.63) is 70.8 Å². The molecule has 1 N–H and O–H groups in total. The zero-order valence-corrected chi connectivity index (χ0v) is 16.8. The maximum Gasteiger partial charge on any atom is 0.242 e. The lowest BCUT2D eigenvalue weighted by Gasteiger charge is -2.30. The molecule has 0 fully saturated rings. The number of rotatable bonds is 8. The maximum atomic E-state index is 13.1. The van der Waals surface area contributed by atoms with Gasteiger partial charge in [-0.2, -0.15) is 0 Å². The van der Waals surface area contributed by atoms with Crippen LogP contribution >= 0.6 is 0 Å². The third-order valence-electron chi connectivity index (χ3n) is 4.75. The highest BCUT2D eigenvalue weighted by Gasteiger charge is 2.27. The molecule has 0 aromatic heterocycles. The lowest BCUT2D eigenvalue weighted by molar-refractivity contribution is -0.140. The Balaban J connectivity index is 2.20. The third-order valence-corrected chi connectivity index (χ3v) is 4.75. The van der Waals surface area contributed by atoms with Crippen LogP contribution < -0.4 is 5.32 Å². The number of nitrogens with zero attached hydrogens (tertiary/aromatic N) is 1. The van der Waals surface area contributed by atoms with E-state index in [9.17, 15) is 9.59 Å². The Bertz CT molecular complexity index is 751. The number of hydrogen-bond donors (Lipinski definition) is 1. The van der Waals surface area contributed by atoms with Gasteiger partial charge in [-0.1, -0.05) is 66.6 Å². The number of carbonyl (C=O) groups excluding carboxylic acids is 2. The summed E-state index contributed by atoms with van der Waals surface area (Å²) in [5.74, 6) is -0.120. The molecule has 2 amide bonds. The molecule has 0 bridgehead atoms. The average molecular weight is 367 g/mol. The van der Waals surface area contributed by atoms with Gasteiger partial charge in [-0.15, -0.1) is 0 Å². The van der Waals surface area contributed by atoms with Crippen LogP contribution in [0.2, 0.25) is 0 Å². The van der Waals surface area contributed by atoms with Gasteiger partial charge in [-0.05, 0) is 37.8 Å². The second kappa shape index (κ2) is 9.91. The predicted molar refractivity (Wildman–Crippen MR) is 110 cm³/mol. The van der Waals surface area contributed by atoms with Crippen LogP contribution in [0.5, 0.6) is 0 Å². The highest BCUT2D eigenvalue weighted by Crippen LogP contribution is 2.14. The number of amides is 2. The van der Waals surface area contributed by atoms with Gasteiger partial charge in [-0.3, -0.25) is 9.59 Å². The van der Waals surface area contributed by atoms with E-state index in [1.54, 1.807) is 11.9 Å². The normalized spacial score (nSPS) is 11.7. The Morgan fingerprint density at radius 1 is 1.00 bits per heavy atom. The maximum absolute atomic E-state index is 13.1. The summed E-state index contributed by atoms with van der Waals surface area (Å²) in [7, 11) is 1.62. The van der Waals surface area contributed by atoms with Gasteiger partial charge in [0, 0.05) is 13.6 Å². The van der Waals surface area contributed by atoms with Gasteiger partial charge < -0.3 is 10.2 Å². The van der Waals surface area contributed by atoms with Crippen LogP contribution in [-0.2, 0) is 22.4 Å². The van der Waals surface area contributed by atoms with E-state index in [2.05, 4.69) is 11.4 Å². The van der Waals surface area contributed by atoms with Crippen molar-refractivity contribution in [2.45, 2.75) is 46.1 Å². The highest BCUT2D eigenvalue weighted by molar-refractivity contribution is 5.88. The predicted octanol–water partition coefficient (Wildman–Crippen LogP) is 3.44. The summed E-state index contributed by atoms with van der Waals surface area (Å²) in [5.41, 5.74) is 4.45. The third kappa shape index (κ3) is 5.95. The Morgan fingerprint density at radius 3 is 2.19 bits per heavy atom. The van der Waals surface area contributed by atoms with Crippen molar-refractivity contribution >= 4 is 11.8 Å². The van der Waals surface area contributed by atoms with Crippen LogP contribution in [-0.4, -0.2) is 36.3 Å². The molecular weight excluding hydrogens is 336 g/mol. The zero-order chi connectivity index (χ0) is 19.8. The fraction of sp³-hybridized carbons (Fsp3) is 0.391. The first-order chi connectivity index (χ1) is 12.9. The van der Waals surface area contributed by atoms with Crippen molar-refractivity contribution in [2.75, 3.05) is 13.6 Å². The van der Waals surface area contributed by atoms with E-state index in [1.807, 2.05) is 63.2 Å². The second-order valence-electron chi connectivity index (χ2n) is 7.03. The van der Waals surface area contributed by atoms with E-state index in [4.69, 9.17) is 0 Å². The fourth-order valence-electron chi connectivity index (χ4n) is 3.51. The van der Waals surface area contributed by atoms with Crippen molar-refractivity contribution in [1.29, 1.82) is 0 Å². The summed E-state index contributed by atoms with van der Waals surface area (Å²) < 4.78 is 0. The quantitative estimate of drug-likeness (QED) is 0.778. The fourth-order valence-corrected chi connectivity index (χ4v) is 3.51. The summed E-state index contributed by atoms with van der Waals surface area (Å²) in [6.45, 7) is 6.54. The highest BCUT2D eigenvalue weighted by atomic mass is 16.2. The minimum atomic E-state index is -0.447. The Labute approximate surface area is 162 Å². The second-order valence-corrected chi connectivity index (χ2v) is 7.03. The van der Waals surface area contributed by atoms with Crippen molar-refractivity contribution in [1.82, 2.24) is 10.2 Å². The van der Waals surface area contributed by atoms with Gasteiger partial charge in [0.05, 0.1) is 6.42 Å². The van der Waals surface area contributed by atoms with Crippen LogP contribution in [0.15, 0.2) is 48.5 Å². The first kappa shape index (κ1) is 20.7. The summed E-state index contributed by atoms with van der Waals surface area (Å²) in [6.07, 6.45) is 1.63. The van der Waals surface area contributed by atoms with Gasteiger partial charge in [0.25, 0.3) is 0 Å². The minimum absolute atomic E-state index is 0.00798. The van der Waals surface area contributed by atoms with E-state index >= 15 is 0 Å². The Kier molecular flexibility index (Phi) is 7.59. The summed E-state index contributed by atoms with van der Waals surface area (Å²) in [4.78, 5) is 27.2. The van der Waals surface area contributed by atoms with Gasteiger partial charge >= 0.3 is 0 Å². The molecule has 0 saturated carbocycles. The van der Waals surface area contributed by atoms with Crippen LogP contribution in [0, 0.1) is 13.8 Å². The van der Waals surface area contributed by atoms with Crippen molar-refractivity contribution in [3.8, 4) is 0 Å². The summed E-state index contributed by atoms with van der Waals surface area (Å²) in [5, 5.41) is 2.70. The van der Waals surface area contributed by atoms with E-state index in [0.29, 0.717) is 19.4 Å². The molecule has 1 atom stereocenters. The largest absolute Gasteiger partial charge is 0.357 e. The molecule has 4 heteroatoms. The topological polar surface area (TPSA) is 49.4 Å². The Hall–Kier alpha value is -2.62. The van der Waals surface area contributed by atoms with Crippen molar-refractivity contribution in [3.63, 3.8) is 0 Å². The van der Waals surface area contributed by atoms with Crippen LogP contribution in [0.25, 0.3) is 0 Å². The van der Waals surface area contributed by atoms with Gasteiger partial charge in [0.2, 0.25) is 11.8 Å². The molecule has 27 heavy (non-hydrogen) atoms. The molecule has 4 nitrogen and oxygen atoms in total. The average Bonchev–Trinajstić information content (AvgIpc) is 2.64. The lowest BCUT2D eigenvalue weighted by atomic mass is 10.0. The molecule has 0 aliphatic rings. The SMILES string of the molecule is CCC(C(=O)NC)N(CCc1ccccc1)C(=O)Cc1cc(C)cc(C)c1. The van der Waals surface area contributed by atoms with E-state index in [-0.39, 0.29) is 11.8 Å². The van der Waals surface area contributed by atoms with E-state index < -0.39 is 6.04 Å². The number of nitrogens with one attached hydrogen (secondary N) is 1. The zero-order valence-electron chi connectivity index (χ0n) is 16.8. The lowest BCUT2D eigenvalue weighted by Crippen LogP contribution is -2.49. The minimum Gasteiger partial charge on any atom is -0.357 e. The molecule has 0 heterocycles. The number of likely N-dealkylation sites (N-methyl/N-ethyl adjacent to an activating group) is 1. The van der Waals surface area contributed by atoms with Crippen molar-refractivity contribution < 1.29 is 9.59 Å². The number of benzene rings is 2. The van der Waals surface area contributed by atoms with E-state index in [0.717, 1.165) is 28.7 Å². The van der Waals surface area contributed by atoms with E-state index in [1.165, 1.54) is 0 Å². The standard InChI is InChI=1S/C23H30N2O2/c1-5-21(23(27)24-4)25(12-11-19-9-7-6-8-10-19)22(26)16-20-14-17(2)13-18(3)15-20/h6-10,13-15,21H,5,11-12,16H2,1-4H3,(H,24,27). The molecule has 0 aliphatic heterocycles. The number of carbonyl (C=O) groups is 2. The molecule has 2 aromatic carbocycles. The molecule has 2 aromatic rings. The first-order valence-corrected chi connectivity index (χ1v) is 9.56. The molecule has 1 unspecified atom stereocenters. The van der Waals surface area contributed by atoms with Gasteiger partial charge in [-0.25, -0.2) is 0 Å². The number of aryl methyl sites for hydroxylation is 2. The van der Waals surface area contributed by atoms with Crippen LogP contribution in [0.1, 0.15) is 35.6 Å². The summed E-state index contributed by atoms with van der Waals surface area (Å²) >= 11 is 0. The molecule has 0 spiro atoms. The first-order valence-electron chi connectivity index (χ1n) is 9.56. The van der Waals surface area contributed by atoms with Gasteiger partial charge in [0.15, 0.2) is 0 Å². The van der Waals surface area contributed by atoms with Gasteiger partial charge in [0.1, 0.15) is 6.04 Å². The van der Waals surface area contributed by atoms with Crippen LogP contribution in [0.3, 0.4) is 0 Å². The smallest absolute Gasteiger partial charge is 0.242 e. The molecule has 0 aliphatic carbocycles. The molecular formula is C23H30N2O2. The molecule has 0 saturated heterocycles.